The Bertz CT molecular complexity index is 3690. The Hall–Kier alpha value is -9.93. The maximum atomic E-state index is 13.9. The van der Waals surface area contributed by atoms with Crippen LogP contribution in [0, 0.1) is 0 Å². The highest BCUT2D eigenvalue weighted by Gasteiger charge is 2.22. The van der Waals surface area contributed by atoms with Crippen LogP contribution in [0.3, 0.4) is 0 Å². The van der Waals surface area contributed by atoms with Crippen LogP contribution in [0.2, 0.25) is 5.02 Å². The zero-order valence-corrected chi connectivity index (χ0v) is 39.5. The number of carbonyl (C=O) groups is 4. The summed E-state index contributed by atoms with van der Waals surface area (Å²) in [6, 6.07) is 48.5. The third-order valence-corrected chi connectivity index (χ3v) is 11.6. The average molecular weight is 989 g/mol. The number of anilines is 4. The third kappa shape index (κ3) is 10.9. The summed E-state index contributed by atoms with van der Waals surface area (Å²) in [6.45, 7) is 0. The van der Waals surface area contributed by atoms with Gasteiger partial charge < -0.3 is 41.0 Å². The molecule has 9 aromatic rings. The molecule has 17 heteroatoms. The lowest BCUT2D eigenvalue weighted by Crippen LogP contribution is -2.14. The first kappa shape index (κ1) is 48.1. The van der Waals surface area contributed by atoms with Gasteiger partial charge in [-0.15, -0.1) is 10.2 Å². The van der Waals surface area contributed by atoms with E-state index in [-0.39, 0.29) is 61.4 Å². The summed E-state index contributed by atoms with van der Waals surface area (Å²) < 4.78 is 10.9. The molecule has 6 N–H and O–H groups in total. The predicted octanol–water partition coefficient (Wildman–Crippen LogP) is 13.9. The molecule has 0 saturated carbocycles. The van der Waals surface area contributed by atoms with Crippen molar-refractivity contribution in [2.75, 3.05) is 35.5 Å². The van der Waals surface area contributed by atoms with Gasteiger partial charge in [-0.3, -0.25) is 19.2 Å². The molecule has 0 aromatic heterocycles. The van der Waals surface area contributed by atoms with Gasteiger partial charge in [-0.05, 0) is 89.6 Å². The minimum atomic E-state index is -0.733. The van der Waals surface area contributed by atoms with E-state index in [1.165, 1.54) is 56.7 Å². The second kappa shape index (κ2) is 21.4. The van der Waals surface area contributed by atoms with Crippen molar-refractivity contribution in [2.24, 2.45) is 20.5 Å². The van der Waals surface area contributed by atoms with Crippen LogP contribution in [0.1, 0.15) is 41.4 Å². The van der Waals surface area contributed by atoms with Crippen molar-refractivity contribution in [1.82, 2.24) is 0 Å². The lowest BCUT2D eigenvalue weighted by atomic mass is 10.0. The van der Waals surface area contributed by atoms with E-state index in [1.54, 1.807) is 121 Å². The van der Waals surface area contributed by atoms with Crippen LogP contribution in [0.4, 0.5) is 45.5 Å². The molecule has 0 spiro atoms. The molecule has 360 valence electrons. The Balaban J connectivity index is 0.938. The van der Waals surface area contributed by atoms with E-state index in [0.29, 0.717) is 44.4 Å². The Morgan fingerprint density at radius 1 is 0.438 bits per heavy atom. The number of halogens is 1. The van der Waals surface area contributed by atoms with Crippen LogP contribution in [0.15, 0.2) is 196 Å². The molecule has 73 heavy (non-hydrogen) atoms. The summed E-state index contributed by atoms with van der Waals surface area (Å²) in [6.07, 6.45) is 0. The van der Waals surface area contributed by atoms with Crippen LogP contribution in [0.5, 0.6) is 23.0 Å². The van der Waals surface area contributed by atoms with Gasteiger partial charge in [0.1, 0.15) is 22.9 Å². The maximum absolute atomic E-state index is 13.9. The molecule has 0 bridgehead atoms. The van der Waals surface area contributed by atoms with E-state index in [9.17, 15) is 29.4 Å². The van der Waals surface area contributed by atoms with Gasteiger partial charge in [0.25, 0.3) is 23.6 Å². The zero-order chi connectivity index (χ0) is 51.0. The highest BCUT2D eigenvalue weighted by atomic mass is 35.5. The summed E-state index contributed by atoms with van der Waals surface area (Å²) in [7, 11) is 2.91. The predicted molar refractivity (Wildman–Crippen MR) is 282 cm³/mol. The van der Waals surface area contributed by atoms with E-state index in [1.807, 2.05) is 12.1 Å². The summed E-state index contributed by atoms with van der Waals surface area (Å²) in [4.78, 5) is 54.2. The van der Waals surface area contributed by atoms with Crippen LogP contribution in [0.25, 0.3) is 21.5 Å². The van der Waals surface area contributed by atoms with E-state index >= 15 is 0 Å². The number of benzene rings is 9. The van der Waals surface area contributed by atoms with E-state index in [4.69, 9.17) is 21.1 Å². The van der Waals surface area contributed by atoms with Gasteiger partial charge in [0.15, 0.2) is 11.5 Å². The third-order valence-electron chi connectivity index (χ3n) is 11.3. The minimum Gasteiger partial charge on any atom is -0.505 e. The number of hydrogen-bond acceptors (Lipinski definition) is 12. The molecule has 0 aliphatic rings. The van der Waals surface area contributed by atoms with Crippen molar-refractivity contribution >= 4 is 102 Å². The Morgan fingerprint density at radius 3 is 1.32 bits per heavy atom. The number of carbonyl (C=O) groups excluding carboxylic acids is 4. The molecule has 9 rings (SSSR count). The summed E-state index contributed by atoms with van der Waals surface area (Å²) in [5.74, 6) is -2.51. The molecular formula is C56H41ClN8O8. The smallest absolute Gasteiger partial charge is 0.259 e. The molecule has 0 radical (unpaired) electrons. The standard InChI is InChI=1S/C56H41ClN8O8/c1-72-41-25-34(53(68)58-36-15-5-3-6-16-36)23-39(29-41)62-64-49-43-19-11-9-13-32(43)27-45(51(49)66)55(70)60-38-21-22-48(47(57)31-38)61-56(71)46-28-33-14-10-12-20-44(33)50(52(46)67)65-63-40-24-35(26-42(30-40)73-2)54(69)59-37-17-7-4-8-18-37/h3-31,66-67H,1-2H3,(H,58,68)(H,59,69)(H,60,70)(H,61,71). The van der Waals surface area contributed by atoms with Crippen molar-refractivity contribution in [2.45, 2.75) is 0 Å². The van der Waals surface area contributed by atoms with Crippen LogP contribution < -0.4 is 30.7 Å². The largest absolute Gasteiger partial charge is 0.505 e. The molecule has 0 atom stereocenters. The van der Waals surface area contributed by atoms with E-state index in [2.05, 4.69) is 41.7 Å². The number of nitrogens with one attached hydrogen (secondary N) is 4. The van der Waals surface area contributed by atoms with Gasteiger partial charge in [0.2, 0.25) is 0 Å². The number of ether oxygens (including phenoxy) is 2. The molecule has 0 aliphatic carbocycles. The SMILES string of the molecule is COc1cc(N=Nc2c(O)c(C(=O)Nc3ccc(NC(=O)c4cc5ccccc5c(N=Nc5cc(OC)cc(C(=O)Nc6ccccc6)c5)c4O)c(Cl)c3)cc3ccccc23)cc(C(=O)Nc2ccccc2)c1. The molecule has 16 nitrogen and oxygen atoms in total. The first-order valence-corrected chi connectivity index (χ1v) is 22.7. The number of aromatic hydroxyl groups is 2. The Labute approximate surface area is 421 Å². The van der Waals surface area contributed by atoms with Crippen molar-refractivity contribution in [1.29, 1.82) is 0 Å². The Morgan fingerprint density at radius 2 is 0.863 bits per heavy atom. The number of amides is 4. The number of fused-ring (bicyclic) bond motifs is 2. The normalized spacial score (nSPS) is 11.2. The Kier molecular flexibility index (Phi) is 14.1. The lowest BCUT2D eigenvalue weighted by molar-refractivity contribution is 0.101. The van der Waals surface area contributed by atoms with Gasteiger partial charge >= 0.3 is 0 Å². The van der Waals surface area contributed by atoms with Crippen LogP contribution in [-0.4, -0.2) is 48.1 Å². The van der Waals surface area contributed by atoms with Gasteiger partial charge in [0, 0.05) is 51.1 Å². The minimum absolute atomic E-state index is 0.00275. The summed E-state index contributed by atoms with van der Waals surface area (Å²) in [5.41, 5.74) is 2.24. The number of nitrogens with zero attached hydrogens (tertiary/aromatic N) is 4. The highest BCUT2D eigenvalue weighted by molar-refractivity contribution is 6.34. The van der Waals surface area contributed by atoms with Crippen LogP contribution >= 0.6 is 11.6 Å². The number of hydrogen-bond donors (Lipinski definition) is 6. The summed E-state index contributed by atoms with van der Waals surface area (Å²) in [5, 5.41) is 53.9. The second-order valence-corrected chi connectivity index (χ2v) is 16.6. The molecule has 4 amide bonds. The number of para-hydroxylation sites is 2. The van der Waals surface area contributed by atoms with Crippen molar-refractivity contribution < 1.29 is 38.9 Å². The maximum Gasteiger partial charge on any atom is 0.259 e. The molecule has 0 heterocycles. The average Bonchev–Trinajstić information content (AvgIpc) is 3.41. The van der Waals surface area contributed by atoms with Gasteiger partial charge in [-0.1, -0.05) is 96.5 Å². The topological polar surface area (TPSA) is 225 Å². The number of phenolic OH excluding ortho intramolecular Hbond substituents is 2. The quantitative estimate of drug-likeness (QED) is 0.0573. The van der Waals surface area contributed by atoms with E-state index in [0.717, 1.165) is 0 Å². The van der Waals surface area contributed by atoms with Crippen molar-refractivity contribution in [3.63, 3.8) is 0 Å². The molecule has 0 unspecified atom stereocenters. The van der Waals surface area contributed by atoms with Gasteiger partial charge in [0.05, 0.1) is 47.4 Å². The first-order valence-electron chi connectivity index (χ1n) is 22.3. The number of azo groups is 2. The second-order valence-electron chi connectivity index (χ2n) is 16.2. The zero-order valence-electron chi connectivity index (χ0n) is 38.8. The molecule has 9 aromatic carbocycles. The van der Waals surface area contributed by atoms with Gasteiger partial charge in [-0.2, -0.15) is 10.2 Å². The van der Waals surface area contributed by atoms with E-state index < -0.39 is 35.1 Å². The fraction of sp³-hybridized carbons (Fsp3) is 0.0357. The van der Waals surface area contributed by atoms with Crippen molar-refractivity contribution in [3.8, 4) is 23.0 Å². The van der Waals surface area contributed by atoms with Crippen LogP contribution in [-0.2, 0) is 0 Å². The number of phenols is 2. The fourth-order valence-electron chi connectivity index (χ4n) is 7.71. The lowest BCUT2D eigenvalue weighted by Gasteiger charge is -2.14. The molecular weight excluding hydrogens is 948 g/mol. The number of methoxy groups -OCH3 is 2. The molecule has 0 aliphatic heterocycles. The number of rotatable bonds is 14. The monoisotopic (exact) mass is 988 g/mol. The van der Waals surface area contributed by atoms with Crippen molar-refractivity contribution in [3.05, 3.63) is 203 Å². The highest BCUT2D eigenvalue weighted by Crippen LogP contribution is 2.42. The fourth-order valence-corrected chi connectivity index (χ4v) is 7.94. The summed E-state index contributed by atoms with van der Waals surface area (Å²) >= 11 is 6.69. The molecule has 0 saturated heterocycles. The first-order chi connectivity index (χ1) is 35.4. The van der Waals surface area contributed by atoms with Gasteiger partial charge in [-0.25, -0.2) is 0 Å². The molecule has 0 fully saturated rings.